The molecule has 0 radical (unpaired) electrons. The summed E-state index contributed by atoms with van der Waals surface area (Å²) in [5.74, 6) is 2.22. The van der Waals surface area contributed by atoms with Crippen molar-refractivity contribution >= 4 is 6.29 Å². The Balaban J connectivity index is 1.79. The van der Waals surface area contributed by atoms with Crippen molar-refractivity contribution in [2.24, 2.45) is 17.8 Å². The van der Waals surface area contributed by atoms with Crippen LogP contribution in [0.25, 0.3) is 0 Å². The van der Waals surface area contributed by atoms with Gasteiger partial charge in [-0.3, -0.25) is 0 Å². The van der Waals surface area contributed by atoms with Gasteiger partial charge in [0.1, 0.15) is 6.29 Å². The maximum absolute atomic E-state index is 10.3. The number of carbonyl (C=O) groups is 1. The predicted molar refractivity (Wildman–Crippen MR) is 82.4 cm³/mol. The van der Waals surface area contributed by atoms with E-state index in [-0.39, 0.29) is 6.42 Å². The van der Waals surface area contributed by atoms with E-state index in [2.05, 4.69) is 25.2 Å². The van der Waals surface area contributed by atoms with E-state index in [1.54, 1.807) is 5.57 Å². The van der Waals surface area contributed by atoms with Crippen molar-refractivity contribution in [3.63, 3.8) is 0 Å². The van der Waals surface area contributed by atoms with Crippen LogP contribution in [0.5, 0.6) is 0 Å². The van der Waals surface area contributed by atoms with Gasteiger partial charge in [0.25, 0.3) is 0 Å². The molecule has 2 heteroatoms. The highest BCUT2D eigenvalue weighted by atomic mass is 16.3. The Morgan fingerprint density at radius 2 is 2.30 bits per heavy atom. The smallest absolute Gasteiger partial charge is 0.122 e. The molecule has 0 heterocycles. The molecule has 2 aliphatic rings. The van der Waals surface area contributed by atoms with Crippen molar-refractivity contribution in [1.82, 2.24) is 0 Å². The van der Waals surface area contributed by atoms with E-state index >= 15 is 0 Å². The summed E-state index contributed by atoms with van der Waals surface area (Å²) in [7, 11) is 0. The number of fused-ring (bicyclic) bond motifs is 1. The number of aliphatic hydroxyl groups is 1. The molecule has 0 aromatic heterocycles. The zero-order chi connectivity index (χ0) is 14.4. The van der Waals surface area contributed by atoms with Crippen molar-refractivity contribution in [3.05, 3.63) is 23.8 Å². The van der Waals surface area contributed by atoms with E-state index in [0.717, 1.165) is 31.0 Å². The maximum atomic E-state index is 10.3. The lowest BCUT2D eigenvalue weighted by molar-refractivity contribution is -0.109. The quantitative estimate of drug-likeness (QED) is 0.563. The summed E-state index contributed by atoms with van der Waals surface area (Å²) in [4.78, 5) is 10.3. The first-order chi connectivity index (χ1) is 9.72. The molecule has 2 aliphatic carbocycles. The average Bonchev–Trinajstić information content (AvgIpc) is 2.45. The molecule has 0 spiro atoms. The summed E-state index contributed by atoms with van der Waals surface area (Å²) in [6, 6.07) is 0. The molecule has 0 saturated carbocycles. The van der Waals surface area contributed by atoms with Gasteiger partial charge in [-0.05, 0) is 55.4 Å². The van der Waals surface area contributed by atoms with Crippen LogP contribution in [0.1, 0.15) is 58.3 Å². The van der Waals surface area contributed by atoms with Crippen LogP contribution in [0.3, 0.4) is 0 Å². The SMILES string of the molecule is C[C@H]1C=CC2=CCCCC2[C@H]1CCCC[C@@H](O)CC=O. The number of rotatable bonds is 7. The monoisotopic (exact) mass is 276 g/mol. The number of hydrogen-bond donors (Lipinski definition) is 1. The molecular weight excluding hydrogens is 248 g/mol. The van der Waals surface area contributed by atoms with Crippen LogP contribution < -0.4 is 0 Å². The van der Waals surface area contributed by atoms with Crippen molar-refractivity contribution in [2.75, 3.05) is 0 Å². The highest BCUT2D eigenvalue weighted by molar-refractivity contribution is 5.49. The van der Waals surface area contributed by atoms with E-state index in [0.29, 0.717) is 5.92 Å². The fraction of sp³-hybridized carbons (Fsp3) is 0.722. The first kappa shape index (κ1) is 15.5. The molecule has 1 N–H and O–H groups in total. The minimum absolute atomic E-state index is 0.290. The van der Waals surface area contributed by atoms with Crippen LogP contribution in [0.4, 0.5) is 0 Å². The summed E-state index contributed by atoms with van der Waals surface area (Å²) >= 11 is 0. The number of aldehydes is 1. The van der Waals surface area contributed by atoms with Gasteiger partial charge < -0.3 is 9.90 Å². The molecule has 0 aliphatic heterocycles. The summed E-state index contributed by atoms with van der Waals surface area (Å²) < 4.78 is 0. The molecule has 2 nitrogen and oxygen atoms in total. The van der Waals surface area contributed by atoms with Crippen LogP contribution in [0, 0.1) is 17.8 Å². The zero-order valence-electron chi connectivity index (χ0n) is 12.6. The van der Waals surface area contributed by atoms with Gasteiger partial charge in [0.05, 0.1) is 6.10 Å². The topological polar surface area (TPSA) is 37.3 Å². The molecule has 2 rings (SSSR count). The Morgan fingerprint density at radius 1 is 1.45 bits per heavy atom. The van der Waals surface area contributed by atoms with E-state index in [4.69, 9.17) is 0 Å². The van der Waals surface area contributed by atoms with Gasteiger partial charge in [-0.2, -0.15) is 0 Å². The van der Waals surface area contributed by atoms with Gasteiger partial charge in [0.15, 0.2) is 0 Å². The van der Waals surface area contributed by atoms with Crippen LogP contribution in [0.15, 0.2) is 23.8 Å². The van der Waals surface area contributed by atoms with Crippen molar-refractivity contribution in [2.45, 2.75) is 64.4 Å². The third-order valence-electron chi connectivity index (χ3n) is 5.00. The molecule has 4 atom stereocenters. The molecule has 0 bridgehead atoms. The summed E-state index contributed by atoms with van der Waals surface area (Å²) in [6.07, 6.45) is 16.0. The van der Waals surface area contributed by atoms with E-state index in [1.165, 1.54) is 32.1 Å². The van der Waals surface area contributed by atoms with E-state index in [1.807, 2.05) is 0 Å². The van der Waals surface area contributed by atoms with Gasteiger partial charge in [0, 0.05) is 6.42 Å². The van der Waals surface area contributed by atoms with Crippen LogP contribution >= 0.6 is 0 Å². The molecular formula is C18H28O2. The van der Waals surface area contributed by atoms with Gasteiger partial charge >= 0.3 is 0 Å². The van der Waals surface area contributed by atoms with Gasteiger partial charge in [0.2, 0.25) is 0 Å². The minimum atomic E-state index is -0.429. The fourth-order valence-corrected chi connectivity index (χ4v) is 3.80. The first-order valence-corrected chi connectivity index (χ1v) is 8.22. The summed E-state index contributed by atoms with van der Waals surface area (Å²) in [6.45, 7) is 2.34. The van der Waals surface area contributed by atoms with E-state index in [9.17, 15) is 9.90 Å². The second kappa shape index (κ2) is 7.78. The second-order valence-corrected chi connectivity index (χ2v) is 6.46. The number of allylic oxidation sites excluding steroid dienone is 4. The van der Waals surface area contributed by atoms with Gasteiger partial charge in [-0.1, -0.05) is 38.0 Å². The lowest BCUT2D eigenvalue weighted by Crippen LogP contribution is -2.27. The summed E-state index contributed by atoms with van der Waals surface area (Å²) in [5.41, 5.74) is 1.57. The normalized spacial score (nSPS) is 30.5. The second-order valence-electron chi connectivity index (χ2n) is 6.46. The molecule has 0 aromatic rings. The molecule has 20 heavy (non-hydrogen) atoms. The van der Waals surface area contributed by atoms with Crippen molar-refractivity contribution in [3.8, 4) is 0 Å². The third-order valence-corrected chi connectivity index (χ3v) is 5.00. The van der Waals surface area contributed by atoms with Crippen LogP contribution in [-0.2, 0) is 4.79 Å². The lowest BCUT2D eigenvalue weighted by Gasteiger charge is -2.37. The van der Waals surface area contributed by atoms with Crippen molar-refractivity contribution < 1.29 is 9.90 Å². The van der Waals surface area contributed by atoms with Gasteiger partial charge in [-0.15, -0.1) is 0 Å². The molecule has 1 unspecified atom stereocenters. The Hall–Kier alpha value is -0.890. The Morgan fingerprint density at radius 3 is 3.10 bits per heavy atom. The lowest BCUT2D eigenvalue weighted by atomic mass is 9.68. The zero-order valence-corrected chi connectivity index (χ0v) is 12.6. The number of aliphatic hydroxyl groups excluding tert-OH is 1. The number of hydrogen-bond acceptors (Lipinski definition) is 2. The fourth-order valence-electron chi connectivity index (χ4n) is 3.80. The standard InChI is InChI=1S/C18H28O2/c1-14-10-11-15-6-2-4-9-18(15)17(14)8-5-3-7-16(20)12-13-19/h6,10-11,13-14,16-18,20H,2-5,7-9,12H2,1H3/t14-,16+,17-,18?/m0/s1. The first-order valence-electron chi connectivity index (χ1n) is 8.22. The van der Waals surface area contributed by atoms with E-state index < -0.39 is 6.10 Å². The third kappa shape index (κ3) is 4.05. The number of unbranched alkanes of at least 4 members (excludes halogenated alkanes) is 1. The highest BCUT2D eigenvalue weighted by Gasteiger charge is 2.31. The molecule has 0 aromatic carbocycles. The molecule has 0 saturated heterocycles. The minimum Gasteiger partial charge on any atom is -0.393 e. The maximum Gasteiger partial charge on any atom is 0.122 e. The molecule has 112 valence electrons. The van der Waals surface area contributed by atoms with Crippen molar-refractivity contribution in [1.29, 1.82) is 0 Å². The Labute approximate surface area is 123 Å². The molecule has 0 fully saturated rings. The van der Waals surface area contributed by atoms with Crippen LogP contribution in [-0.4, -0.2) is 17.5 Å². The average molecular weight is 276 g/mol. The highest BCUT2D eigenvalue weighted by Crippen LogP contribution is 2.42. The Kier molecular flexibility index (Phi) is 6.03. The summed E-state index contributed by atoms with van der Waals surface area (Å²) in [5, 5.41) is 9.57. The number of carbonyl (C=O) groups excluding carboxylic acids is 1. The van der Waals surface area contributed by atoms with Crippen LogP contribution in [0.2, 0.25) is 0 Å². The Bertz CT molecular complexity index is 370. The largest absolute Gasteiger partial charge is 0.393 e. The molecule has 0 amide bonds. The van der Waals surface area contributed by atoms with Gasteiger partial charge in [-0.25, -0.2) is 0 Å². The predicted octanol–water partition coefficient (Wildman–Crippen LogP) is 4.05.